The highest BCUT2D eigenvalue weighted by Crippen LogP contribution is 2.67. The fourth-order valence-corrected chi connectivity index (χ4v) is 4.28. The van der Waals surface area contributed by atoms with Crippen LogP contribution in [0.1, 0.15) is 18.4 Å². The van der Waals surface area contributed by atoms with Crippen molar-refractivity contribution in [1.29, 1.82) is 0 Å². The molecule has 0 amide bonds. The first-order valence-electron chi connectivity index (χ1n) is 7.49. The molecule has 1 saturated heterocycles. The number of rotatable bonds is 3. The summed E-state index contributed by atoms with van der Waals surface area (Å²) >= 11 is 0. The van der Waals surface area contributed by atoms with Gasteiger partial charge in [0.2, 0.25) is 0 Å². The van der Waals surface area contributed by atoms with Gasteiger partial charge >= 0.3 is 0 Å². The first-order valence-corrected chi connectivity index (χ1v) is 7.49. The Bertz CT molecular complexity index is 649. The highest BCUT2D eigenvalue weighted by Gasteiger charge is 2.68. The minimum absolute atomic E-state index is 0.297. The molecule has 2 aromatic rings. The SMILES string of the molecule is COC[C@]12CCNCC1(c1ccc3ccccc3c1)C2. The van der Waals surface area contributed by atoms with Gasteiger partial charge < -0.3 is 10.1 Å². The Hall–Kier alpha value is -1.38. The molecule has 104 valence electrons. The van der Waals surface area contributed by atoms with E-state index in [2.05, 4.69) is 47.8 Å². The zero-order chi connectivity index (χ0) is 13.6. The third kappa shape index (κ3) is 1.58. The Morgan fingerprint density at radius 2 is 2.00 bits per heavy atom. The van der Waals surface area contributed by atoms with E-state index in [-0.39, 0.29) is 0 Å². The lowest BCUT2D eigenvalue weighted by atomic mass is 9.81. The summed E-state index contributed by atoms with van der Waals surface area (Å²) in [6.45, 7) is 3.11. The molecule has 4 rings (SSSR count). The fraction of sp³-hybridized carbons (Fsp3) is 0.444. The molecule has 2 fully saturated rings. The second kappa shape index (κ2) is 4.31. The molecule has 1 saturated carbocycles. The van der Waals surface area contributed by atoms with Crippen LogP contribution in [-0.4, -0.2) is 26.8 Å². The quantitative estimate of drug-likeness (QED) is 0.922. The van der Waals surface area contributed by atoms with E-state index < -0.39 is 0 Å². The van der Waals surface area contributed by atoms with Gasteiger partial charge in [0, 0.05) is 24.5 Å². The Balaban J connectivity index is 1.78. The first kappa shape index (κ1) is 12.4. The molecule has 0 bridgehead atoms. The number of ether oxygens (including phenoxy) is 1. The largest absolute Gasteiger partial charge is 0.384 e. The molecule has 0 spiro atoms. The predicted molar refractivity (Wildman–Crippen MR) is 82.0 cm³/mol. The average molecular weight is 267 g/mol. The van der Waals surface area contributed by atoms with Crippen molar-refractivity contribution in [3.05, 3.63) is 48.0 Å². The van der Waals surface area contributed by atoms with Gasteiger partial charge in [0.1, 0.15) is 0 Å². The number of hydrogen-bond donors (Lipinski definition) is 1. The Morgan fingerprint density at radius 1 is 1.15 bits per heavy atom. The van der Waals surface area contributed by atoms with Gasteiger partial charge in [-0.1, -0.05) is 42.5 Å². The van der Waals surface area contributed by atoms with Gasteiger partial charge in [-0.2, -0.15) is 0 Å². The summed E-state index contributed by atoms with van der Waals surface area (Å²) < 4.78 is 5.53. The molecule has 1 unspecified atom stereocenters. The van der Waals surface area contributed by atoms with Gasteiger partial charge in [-0.05, 0) is 35.7 Å². The van der Waals surface area contributed by atoms with E-state index >= 15 is 0 Å². The van der Waals surface area contributed by atoms with Crippen molar-refractivity contribution in [2.24, 2.45) is 5.41 Å². The lowest BCUT2D eigenvalue weighted by Crippen LogP contribution is -2.40. The summed E-state index contributed by atoms with van der Waals surface area (Å²) in [4.78, 5) is 0. The van der Waals surface area contributed by atoms with Crippen LogP contribution in [0.2, 0.25) is 0 Å². The van der Waals surface area contributed by atoms with Crippen molar-refractivity contribution >= 4 is 10.8 Å². The molecule has 1 aliphatic heterocycles. The van der Waals surface area contributed by atoms with Crippen LogP contribution in [0.4, 0.5) is 0 Å². The molecule has 20 heavy (non-hydrogen) atoms. The summed E-state index contributed by atoms with van der Waals surface area (Å²) in [6, 6.07) is 15.6. The van der Waals surface area contributed by atoms with Gasteiger partial charge in [-0.15, -0.1) is 0 Å². The molecular weight excluding hydrogens is 246 g/mol. The van der Waals surface area contributed by atoms with Crippen LogP contribution in [0.3, 0.4) is 0 Å². The topological polar surface area (TPSA) is 21.3 Å². The minimum atomic E-state index is 0.297. The summed E-state index contributed by atoms with van der Waals surface area (Å²) in [7, 11) is 1.83. The van der Waals surface area contributed by atoms with Gasteiger partial charge in [-0.3, -0.25) is 0 Å². The van der Waals surface area contributed by atoms with E-state index in [1.54, 1.807) is 0 Å². The monoisotopic (exact) mass is 267 g/mol. The van der Waals surface area contributed by atoms with Crippen LogP contribution in [0, 0.1) is 5.41 Å². The van der Waals surface area contributed by atoms with E-state index in [1.807, 2.05) is 7.11 Å². The molecule has 2 aromatic carbocycles. The van der Waals surface area contributed by atoms with E-state index in [4.69, 9.17) is 4.74 Å². The third-order valence-corrected chi connectivity index (χ3v) is 5.46. The molecule has 2 nitrogen and oxygen atoms in total. The molecule has 2 aliphatic rings. The van der Waals surface area contributed by atoms with Gasteiger partial charge in [0.05, 0.1) is 6.61 Å². The zero-order valence-electron chi connectivity index (χ0n) is 12.0. The average Bonchev–Trinajstić information content (AvgIpc) is 3.17. The number of fused-ring (bicyclic) bond motifs is 2. The fourth-order valence-electron chi connectivity index (χ4n) is 4.28. The smallest absolute Gasteiger partial charge is 0.0528 e. The molecule has 1 aliphatic carbocycles. The summed E-state index contributed by atoms with van der Waals surface area (Å²) in [5.41, 5.74) is 2.15. The van der Waals surface area contributed by atoms with E-state index in [0.29, 0.717) is 10.8 Å². The molecule has 0 radical (unpaired) electrons. The number of piperidine rings is 1. The van der Waals surface area contributed by atoms with Crippen LogP contribution < -0.4 is 5.32 Å². The standard InChI is InChI=1S/C18H21NO/c1-20-13-17-8-9-19-12-18(17,11-17)16-7-6-14-4-2-3-5-15(14)10-16/h2-7,10,19H,8-9,11-13H2,1H3/t17-,18?/m1/s1. The highest BCUT2D eigenvalue weighted by atomic mass is 16.5. The molecule has 1 N–H and O–H groups in total. The normalized spacial score (nSPS) is 32.0. The highest BCUT2D eigenvalue weighted by molar-refractivity contribution is 5.83. The minimum Gasteiger partial charge on any atom is -0.384 e. The lowest BCUT2D eigenvalue weighted by molar-refractivity contribution is 0.112. The maximum Gasteiger partial charge on any atom is 0.0528 e. The van der Waals surface area contributed by atoms with Crippen LogP contribution in [0.25, 0.3) is 10.8 Å². The Kier molecular flexibility index (Phi) is 2.66. The van der Waals surface area contributed by atoms with E-state index in [0.717, 1.165) is 19.7 Å². The molecule has 2 atom stereocenters. The lowest BCUT2D eigenvalue weighted by Gasteiger charge is -2.31. The molecule has 1 heterocycles. The Morgan fingerprint density at radius 3 is 2.85 bits per heavy atom. The molecule has 0 aromatic heterocycles. The predicted octanol–water partition coefficient (Wildman–Crippen LogP) is 3.11. The van der Waals surface area contributed by atoms with E-state index in [1.165, 1.54) is 29.2 Å². The maximum atomic E-state index is 5.53. The van der Waals surface area contributed by atoms with Gasteiger partial charge in [-0.25, -0.2) is 0 Å². The van der Waals surface area contributed by atoms with Gasteiger partial charge in [0.15, 0.2) is 0 Å². The first-order chi connectivity index (χ1) is 9.80. The molecule has 2 heteroatoms. The second-order valence-corrected chi connectivity index (χ2v) is 6.46. The van der Waals surface area contributed by atoms with Crippen LogP contribution in [-0.2, 0) is 10.2 Å². The second-order valence-electron chi connectivity index (χ2n) is 6.46. The number of methoxy groups -OCH3 is 1. The number of hydrogen-bond acceptors (Lipinski definition) is 2. The summed E-state index contributed by atoms with van der Waals surface area (Å²) in [5, 5.41) is 6.27. The molecular formula is C18H21NO. The summed E-state index contributed by atoms with van der Waals surface area (Å²) in [6.07, 6.45) is 2.49. The van der Waals surface area contributed by atoms with Crippen molar-refractivity contribution in [1.82, 2.24) is 5.32 Å². The van der Waals surface area contributed by atoms with Crippen LogP contribution in [0.5, 0.6) is 0 Å². The van der Waals surface area contributed by atoms with Crippen LogP contribution >= 0.6 is 0 Å². The van der Waals surface area contributed by atoms with Crippen molar-refractivity contribution in [3.8, 4) is 0 Å². The summed E-state index contributed by atoms with van der Waals surface area (Å²) in [5.74, 6) is 0. The maximum absolute atomic E-state index is 5.53. The number of benzene rings is 2. The third-order valence-electron chi connectivity index (χ3n) is 5.46. The van der Waals surface area contributed by atoms with Crippen LogP contribution in [0.15, 0.2) is 42.5 Å². The Labute approximate surface area is 120 Å². The number of nitrogens with one attached hydrogen (secondary N) is 1. The van der Waals surface area contributed by atoms with Gasteiger partial charge in [0.25, 0.3) is 0 Å². The van der Waals surface area contributed by atoms with Crippen molar-refractivity contribution in [2.45, 2.75) is 18.3 Å². The van der Waals surface area contributed by atoms with E-state index in [9.17, 15) is 0 Å². The van der Waals surface area contributed by atoms with Crippen molar-refractivity contribution < 1.29 is 4.74 Å². The van der Waals surface area contributed by atoms with Crippen molar-refractivity contribution in [2.75, 3.05) is 26.8 Å². The van der Waals surface area contributed by atoms with Crippen molar-refractivity contribution in [3.63, 3.8) is 0 Å². The zero-order valence-corrected chi connectivity index (χ0v) is 12.0.